The van der Waals surface area contributed by atoms with E-state index >= 15 is 0 Å². The van der Waals surface area contributed by atoms with Crippen molar-refractivity contribution in [2.24, 2.45) is 4.99 Å². The summed E-state index contributed by atoms with van der Waals surface area (Å²) in [5.41, 5.74) is 1.72. The summed E-state index contributed by atoms with van der Waals surface area (Å²) in [5, 5.41) is 12.0. The van der Waals surface area contributed by atoms with Crippen molar-refractivity contribution in [1.82, 2.24) is 0 Å². The molecular weight excluding hydrogens is 356 g/mol. The van der Waals surface area contributed by atoms with E-state index in [2.05, 4.69) is 4.99 Å². The molecule has 0 aliphatic carbocycles. The van der Waals surface area contributed by atoms with E-state index in [1.165, 1.54) is 0 Å². The first-order valence-electron chi connectivity index (χ1n) is 9.42. The van der Waals surface area contributed by atoms with Crippen molar-refractivity contribution < 1.29 is 14.4 Å². The lowest BCUT2D eigenvalue weighted by Gasteiger charge is -2.30. The molecule has 0 bridgehead atoms. The molecule has 2 aromatic carbocycles. The molecule has 0 amide bonds. The monoisotopic (exact) mass is 384 g/mol. The second-order valence-electron chi connectivity index (χ2n) is 6.61. The summed E-state index contributed by atoms with van der Waals surface area (Å²) in [6, 6.07) is 17.5. The largest absolute Gasteiger partial charge is 0.353 e. The molecule has 0 heterocycles. The van der Waals surface area contributed by atoms with E-state index in [1.807, 2.05) is 67.6 Å². The van der Waals surface area contributed by atoms with Crippen molar-refractivity contribution in [2.45, 2.75) is 44.1 Å². The van der Waals surface area contributed by atoms with E-state index in [1.54, 1.807) is 20.4 Å². The second-order valence-corrected chi connectivity index (χ2v) is 6.61. The number of nitrogens with zero attached hydrogens (tertiary/aromatic N) is 2. The van der Waals surface area contributed by atoms with Crippen LogP contribution in [0.5, 0.6) is 0 Å². The standard InChI is InChI=1S/C22H28N2O4/c1-4-22(27-2,28-3)16-15-20(24(25)26)21(19-13-9-6-10-14-19)23-17-18-11-7-5-8-12-18/h5-14,17,20-21H,4,15-16H2,1-3H3. The molecule has 2 unspecified atom stereocenters. The van der Waals surface area contributed by atoms with E-state index < -0.39 is 17.9 Å². The highest BCUT2D eigenvalue weighted by Gasteiger charge is 2.36. The molecule has 6 heteroatoms. The number of benzene rings is 2. The molecule has 28 heavy (non-hydrogen) atoms. The van der Waals surface area contributed by atoms with Crippen LogP contribution in [-0.4, -0.2) is 37.2 Å². The highest BCUT2D eigenvalue weighted by molar-refractivity contribution is 5.79. The Hall–Kier alpha value is -2.57. The van der Waals surface area contributed by atoms with Gasteiger partial charge < -0.3 is 9.47 Å². The fraction of sp³-hybridized carbons (Fsp3) is 0.409. The molecule has 0 fully saturated rings. The predicted molar refractivity (Wildman–Crippen MR) is 110 cm³/mol. The minimum Gasteiger partial charge on any atom is -0.353 e. The van der Waals surface area contributed by atoms with Crippen LogP contribution in [0.15, 0.2) is 65.7 Å². The van der Waals surface area contributed by atoms with Crippen molar-refractivity contribution in [3.05, 3.63) is 81.9 Å². The predicted octanol–water partition coefficient (Wildman–Crippen LogP) is 4.67. The number of rotatable bonds is 11. The van der Waals surface area contributed by atoms with Crippen LogP contribution in [0, 0.1) is 10.1 Å². The quantitative estimate of drug-likeness (QED) is 0.244. The molecule has 2 atom stereocenters. The van der Waals surface area contributed by atoms with E-state index in [-0.39, 0.29) is 11.3 Å². The van der Waals surface area contributed by atoms with Gasteiger partial charge in [0.2, 0.25) is 6.04 Å². The van der Waals surface area contributed by atoms with Gasteiger partial charge in [-0.2, -0.15) is 0 Å². The summed E-state index contributed by atoms with van der Waals surface area (Å²) >= 11 is 0. The Bertz CT molecular complexity index is 737. The average molecular weight is 384 g/mol. The molecule has 2 rings (SSSR count). The highest BCUT2D eigenvalue weighted by atomic mass is 16.7. The molecule has 0 saturated carbocycles. The van der Waals surface area contributed by atoms with Crippen LogP contribution < -0.4 is 0 Å². The summed E-state index contributed by atoms with van der Waals surface area (Å²) in [7, 11) is 3.13. The van der Waals surface area contributed by atoms with Crippen molar-refractivity contribution in [3.63, 3.8) is 0 Å². The number of hydrogen-bond acceptors (Lipinski definition) is 5. The van der Waals surface area contributed by atoms with Gasteiger partial charge in [-0.15, -0.1) is 0 Å². The lowest BCUT2D eigenvalue weighted by atomic mass is 9.93. The van der Waals surface area contributed by atoms with Crippen LogP contribution >= 0.6 is 0 Å². The third kappa shape index (κ3) is 5.71. The number of ether oxygens (including phenoxy) is 2. The summed E-state index contributed by atoms with van der Waals surface area (Å²) < 4.78 is 11.0. The Kier molecular flexibility index (Phi) is 8.29. The normalized spacial score (nSPS) is 14.1. The van der Waals surface area contributed by atoms with Crippen molar-refractivity contribution in [3.8, 4) is 0 Å². The minimum absolute atomic E-state index is 0.244. The van der Waals surface area contributed by atoms with Crippen LogP contribution in [0.4, 0.5) is 0 Å². The van der Waals surface area contributed by atoms with E-state index in [9.17, 15) is 10.1 Å². The van der Waals surface area contributed by atoms with Gasteiger partial charge in [0, 0.05) is 38.2 Å². The first-order valence-corrected chi connectivity index (χ1v) is 9.42. The second kappa shape index (κ2) is 10.7. The van der Waals surface area contributed by atoms with Gasteiger partial charge in [0.05, 0.1) is 0 Å². The molecule has 0 aliphatic heterocycles. The Morgan fingerprint density at radius 1 is 1.07 bits per heavy atom. The third-order valence-electron chi connectivity index (χ3n) is 5.06. The average Bonchev–Trinajstić information content (AvgIpc) is 2.74. The molecule has 0 radical (unpaired) electrons. The Morgan fingerprint density at radius 2 is 1.64 bits per heavy atom. The molecule has 0 aliphatic rings. The fourth-order valence-corrected chi connectivity index (χ4v) is 3.26. The van der Waals surface area contributed by atoms with Gasteiger partial charge in [-0.05, 0) is 17.5 Å². The van der Waals surface area contributed by atoms with E-state index in [0.29, 0.717) is 12.8 Å². The van der Waals surface area contributed by atoms with Crippen molar-refractivity contribution >= 4 is 6.21 Å². The molecule has 0 spiro atoms. The Balaban J connectivity index is 2.32. The Morgan fingerprint density at radius 3 is 2.14 bits per heavy atom. The lowest BCUT2D eigenvalue weighted by molar-refractivity contribution is -0.528. The van der Waals surface area contributed by atoms with Gasteiger partial charge in [-0.3, -0.25) is 15.1 Å². The van der Waals surface area contributed by atoms with Gasteiger partial charge in [0.1, 0.15) is 6.04 Å². The minimum atomic E-state index is -0.890. The van der Waals surface area contributed by atoms with Crippen LogP contribution in [0.1, 0.15) is 43.4 Å². The number of aliphatic imine (C=N–C) groups is 1. The van der Waals surface area contributed by atoms with Gasteiger partial charge in [-0.25, -0.2) is 0 Å². The van der Waals surface area contributed by atoms with Gasteiger partial charge in [-0.1, -0.05) is 67.6 Å². The third-order valence-corrected chi connectivity index (χ3v) is 5.06. The van der Waals surface area contributed by atoms with Crippen LogP contribution in [0.2, 0.25) is 0 Å². The smallest absolute Gasteiger partial charge is 0.239 e. The van der Waals surface area contributed by atoms with Crippen LogP contribution in [0.25, 0.3) is 0 Å². The topological polar surface area (TPSA) is 74.0 Å². The molecular formula is C22H28N2O4. The fourth-order valence-electron chi connectivity index (χ4n) is 3.26. The molecule has 0 N–H and O–H groups in total. The zero-order chi connectivity index (χ0) is 20.4. The van der Waals surface area contributed by atoms with Crippen molar-refractivity contribution in [1.29, 1.82) is 0 Å². The van der Waals surface area contributed by atoms with E-state index in [4.69, 9.17) is 9.47 Å². The summed E-state index contributed by atoms with van der Waals surface area (Å²) in [6.45, 7) is 1.94. The first kappa shape index (κ1) is 21.7. The highest BCUT2D eigenvalue weighted by Crippen LogP contribution is 2.30. The molecule has 2 aromatic rings. The van der Waals surface area contributed by atoms with Gasteiger partial charge in [0.25, 0.3) is 0 Å². The van der Waals surface area contributed by atoms with Gasteiger partial charge >= 0.3 is 0 Å². The molecule has 6 nitrogen and oxygen atoms in total. The zero-order valence-electron chi connectivity index (χ0n) is 16.7. The molecule has 150 valence electrons. The summed E-state index contributed by atoms with van der Waals surface area (Å²) in [4.78, 5) is 16.3. The summed E-state index contributed by atoms with van der Waals surface area (Å²) in [6.07, 6.45) is 3.00. The maximum absolute atomic E-state index is 12.0. The zero-order valence-corrected chi connectivity index (χ0v) is 16.7. The SMILES string of the molecule is CCC(CCC(C(N=Cc1ccccc1)c1ccccc1)[N+](=O)[O-])(OC)OC. The number of nitro groups is 1. The van der Waals surface area contributed by atoms with Gasteiger partial charge in [0.15, 0.2) is 5.79 Å². The maximum Gasteiger partial charge on any atom is 0.239 e. The molecule has 0 aromatic heterocycles. The van der Waals surface area contributed by atoms with Crippen LogP contribution in [0.3, 0.4) is 0 Å². The maximum atomic E-state index is 12.0. The summed E-state index contributed by atoms with van der Waals surface area (Å²) in [5.74, 6) is -0.821. The van der Waals surface area contributed by atoms with Crippen molar-refractivity contribution in [2.75, 3.05) is 14.2 Å². The number of methoxy groups -OCH3 is 2. The van der Waals surface area contributed by atoms with Crippen LogP contribution in [-0.2, 0) is 9.47 Å². The number of hydrogen-bond donors (Lipinski definition) is 0. The Labute approximate surface area is 166 Å². The van der Waals surface area contributed by atoms with E-state index in [0.717, 1.165) is 11.1 Å². The first-order chi connectivity index (χ1) is 13.5. The lowest BCUT2D eigenvalue weighted by Crippen LogP contribution is -2.36. The molecule has 0 saturated heterocycles.